The molecule has 138 valence electrons. The van der Waals surface area contributed by atoms with E-state index in [9.17, 15) is 14.9 Å². The minimum atomic E-state index is -0.998. The van der Waals surface area contributed by atoms with E-state index < -0.39 is 10.9 Å². The first kappa shape index (κ1) is 17.6. The Morgan fingerprint density at radius 1 is 1.14 bits per heavy atom. The second-order valence-corrected chi connectivity index (χ2v) is 6.72. The molecule has 0 radical (unpaired) electrons. The van der Waals surface area contributed by atoms with Crippen molar-refractivity contribution in [2.45, 2.75) is 0 Å². The third kappa shape index (κ3) is 3.26. The molecule has 0 fully saturated rings. The number of non-ortho nitro benzene ring substituents is 1. The fraction of sp³-hybridized carbons (Fsp3) is 0. The Bertz CT molecular complexity index is 1200. The lowest BCUT2D eigenvalue weighted by atomic mass is 10.1. The van der Waals surface area contributed by atoms with E-state index in [1.807, 2.05) is 5.38 Å². The first-order valence-corrected chi connectivity index (χ1v) is 8.98. The molecule has 0 aliphatic heterocycles. The summed E-state index contributed by atoms with van der Waals surface area (Å²) in [5, 5.41) is 25.9. The van der Waals surface area contributed by atoms with Crippen LogP contribution in [-0.4, -0.2) is 26.0 Å². The largest absolute Gasteiger partial charge is 0.478 e. The Morgan fingerprint density at radius 2 is 1.93 bits per heavy atom. The van der Waals surface area contributed by atoms with Crippen molar-refractivity contribution >= 4 is 44.7 Å². The molecule has 8 nitrogen and oxygen atoms in total. The summed E-state index contributed by atoms with van der Waals surface area (Å²) >= 11 is 1.42. The SMILES string of the molecule is O=C(O)c1ccc(Nc2ncnc3scc(-c4cccc([N+](=O)[O-])c4)c23)cc1. The van der Waals surface area contributed by atoms with Crippen LogP contribution in [0.15, 0.2) is 60.2 Å². The number of fused-ring (bicyclic) bond motifs is 1. The van der Waals surface area contributed by atoms with Gasteiger partial charge in [-0.15, -0.1) is 11.3 Å². The van der Waals surface area contributed by atoms with Crippen molar-refractivity contribution in [1.82, 2.24) is 9.97 Å². The van der Waals surface area contributed by atoms with Crippen molar-refractivity contribution in [1.29, 1.82) is 0 Å². The normalized spacial score (nSPS) is 10.7. The van der Waals surface area contributed by atoms with Crippen molar-refractivity contribution in [2.24, 2.45) is 0 Å². The summed E-state index contributed by atoms with van der Waals surface area (Å²) in [5.41, 5.74) is 2.34. The van der Waals surface area contributed by atoms with E-state index in [1.54, 1.807) is 24.3 Å². The number of rotatable bonds is 5. The van der Waals surface area contributed by atoms with E-state index in [-0.39, 0.29) is 11.3 Å². The van der Waals surface area contributed by atoms with Crippen LogP contribution in [0.3, 0.4) is 0 Å². The zero-order valence-electron chi connectivity index (χ0n) is 14.2. The molecule has 0 bridgehead atoms. The summed E-state index contributed by atoms with van der Waals surface area (Å²) in [7, 11) is 0. The minimum absolute atomic E-state index is 0.00691. The van der Waals surface area contributed by atoms with Gasteiger partial charge in [0.1, 0.15) is 17.0 Å². The first-order valence-electron chi connectivity index (χ1n) is 8.10. The number of nitro benzene ring substituents is 1. The van der Waals surface area contributed by atoms with Crippen molar-refractivity contribution in [3.63, 3.8) is 0 Å². The number of nitrogens with one attached hydrogen (secondary N) is 1. The van der Waals surface area contributed by atoms with Gasteiger partial charge in [0, 0.05) is 28.8 Å². The highest BCUT2D eigenvalue weighted by Gasteiger charge is 2.15. The number of benzene rings is 2. The van der Waals surface area contributed by atoms with Gasteiger partial charge in [-0.2, -0.15) is 0 Å². The molecule has 2 N–H and O–H groups in total. The molecule has 0 unspecified atom stereocenters. The molecule has 0 aliphatic carbocycles. The third-order valence-electron chi connectivity index (χ3n) is 4.13. The van der Waals surface area contributed by atoms with Gasteiger partial charge in [0.2, 0.25) is 0 Å². The molecule has 9 heteroatoms. The van der Waals surface area contributed by atoms with Gasteiger partial charge in [0.15, 0.2) is 0 Å². The molecule has 2 aromatic heterocycles. The van der Waals surface area contributed by atoms with E-state index >= 15 is 0 Å². The molecule has 0 aliphatic rings. The minimum Gasteiger partial charge on any atom is -0.478 e. The third-order valence-corrected chi connectivity index (χ3v) is 5.02. The highest BCUT2D eigenvalue weighted by atomic mass is 32.1. The van der Waals surface area contributed by atoms with Crippen LogP contribution in [0, 0.1) is 10.1 Å². The molecule has 2 heterocycles. The van der Waals surface area contributed by atoms with Gasteiger partial charge in [-0.25, -0.2) is 14.8 Å². The Kier molecular flexibility index (Phi) is 4.42. The average Bonchev–Trinajstić information content (AvgIpc) is 3.14. The number of hydrogen-bond acceptors (Lipinski definition) is 7. The highest BCUT2D eigenvalue weighted by Crippen LogP contribution is 2.38. The van der Waals surface area contributed by atoms with Gasteiger partial charge >= 0.3 is 5.97 Å². The molecular formula is C19H12N4O4S. The smallest absolute Gasteiger partial charge is 0.335 e. The summed E-state index contributed by atoms with van der Waals surface area (Å²) in [6, 6.07) is 12.7. The maximum Gasteiger partial charge on any atom is 0.335 e. The molecule has 0 saturated heterocycles. The van der Waals surface area contributed by atoms with E-state index in [0.29, 0.717) is 17.1 Å². The van der Waals surface area contributed by atoms with Crippen molar-refractivity contribution in [2.75, 3.05) is 5.32 Å². The van der Waals surface area contributed by atoms with Crippen LogP contribution < -0.4 is 5.32 Å². The fourth-order valence-corrected chi connectivity index (χ4v) is 3.72. The van der Waals surface area contributed by atoms with E-state index in [4.69, 9.17) is 5.11 Å². The summed E-state index contributed by atoms with van der Waals surface area (Å²) in [5.74, 6) is -0.461. The molecule has 28 heavy (non-hydrogen) atoms. The van der Waals surface area contributed by atoms with Gasteiger partial charge < -0.3 is 10.4 Å². The van der Waals surface area contributed by atoms with Crippen molar-refractivity contribution < 1.29 is 14.8 Å². The predicted octanol–water partition coefficient (Wildman–Crippen LogP) is 4.71. The van der Waals surface area contributed by atoms with Crippen LogP contribution in [0.2, 0.25) is 0 Å². The van der Waals surface area contributed by atoms with Crippen molar-refractivity contribution in [3.05, 3.63) is 75.9 Å². The van der Waals surface area contributed by atoms with Crippen LogP contribution in [-0.2, 0) is 0 Å². The number of hydrogen-bond donors (Lipinski definition) is 2. The van der Waals surface area contributed by atoms with Crippen molar-refractivity contribution in [3.8, 4) is 11.1 Å². The number of nitrogens with zero attached hydrogens (tertiary/aromatic N) is 3. The van der Waals surface area contributed by atoms with Gasteiger partial charge in [-0.05, 0) is 29.8 Å². The molecule has 0 spiro atoms. The van der Waals surface area contributed by atoms with Gasteiger partial charge in [0.05, 0.1) is 15.9 Å². The zero-order chi connectivity index (χ0) is 19.7. The molecule has 0 amide bonds. The summed E-state index contributed by atoms with van der Waals surface area (Å²) in [4.78, 5) is 31.0. The van der Waals surface area contributed by atoms with Gasteiger partial charge in [-0.3, -0.25) is 10.1 Å². The lowest BCUT2D eigenvalue weighted by Crippen LogP contribution is -1.98. The highest BCUT2D eigenvalue weighted by molar-refractivity contribution is 7.17. The number of anilines is 2. The number of aromatic carboxylic acids is 1. The number of aromatic nitrogens is 2. The quantitative estimate of drug-likeness (QED) is 0.373. The summed E-state index contributed by atoms with van der Waals surface area (Å²) < 4.78 is 0. The molecule has 4 rings (SSSR count). The zero-order valence-corrected chi connectivity index (χ0v) is 15.0. The van der Waals surface area contributed by atoms with Crippen LogP contribution in [0.5, 0.6) is 0 Å². The second kappa shape index (κ2) is 7.05. The molecule has 4 aromatic rings. The lowest BCUT2D eigenvalue weighted by molar-refractivity contribution is -0.384. The Hall–Kier alpha value is -3.85. The average molecular weight is 392 g/mol. The molecule has 0 atom stereocenters. The first-order chi connectivity index (χ1) is 13.5. The number of nitro groups is 1. The topological polar surface area (TPSA) is 118 Å². The fourth-order valence-electron chi connectivity index (χ4n) is 2.80. The van der Waals surface area contributed by atoms with E-state index in [1.165, 1.54) is 41.9 Å². The molecule has 2 aromatic carbocycles. The van der Waals surface area contributed by atoms with Gasteiger partial charge in [-0.1, -0.05) is 12.1 Å². The lowest BCUT2D eigenvalue weighted by Gasteiger charge is -2.09. The number of carboxylic acid groups (broad SMARTS) is 1. The number of thiophene rings is 1. The van der Waals surface area contributed by atoms with Crippen LogP contribution >= 0.6 is 11.3 Å². The maximum atomic E-state index is 11.1. The van der Waals surface area contributed by atoms with Crippen LogP contribution in [0.4, 0.5) is 17.2 Å². The van der Waals surface area contributed by atoms with Crippen LogP contribution in [0.25, 0.3) is 21.3 Å². The van der Waals surface area contributed by atoms with Crippen LogP contribution in [0.1, 0.15) is 10.4 Å². The Balaban J connectivity index is 1.78. The standard InChI is InChI=1S/C19H12N4O4S/c24-19(25)11-4-6-13(7-5-11)22-17-16-15(9-28-18(16)21-10-20-17)12-2-1-3-14(8-12)23(26)27/h1-10H,(H,24,25)(H,20,21,22). The van der Waals surface area contributed by atoms with E-state index in [2.05, 4.69) is 15.3 Å². The number of carbonyl (C=O) groups is 1. The Labute approximate surface area is 162 Å². The monoisotopic (exact) mass is 392 g/mol. The van der Waals surface area contributed by atoms with E-state index in [0.717, 1.165) is 15.8 Å². The summed E-state index contributed by atoms with van der Waals surface area (Å²) in [6.45, 7) is 0. The molecule has 0 saturated carbocycles. The summed E-state index contributed by atoms with van der Waals surface area (Å²) in [6.07, 6.45) is 1.43. The Morgan fingerprint density at radius 3 is 2.64 bits per heavy atom. The number of carboxylic acids is 1. The predicted molar refractivity (Wildman–Crippen MR) is 106 cm³/mol. The second-order valence-electron chi connectivity index (χ2n) is 5.87. The maximum absolute atomic E-state index is 11.1. The van der Waals surface area contributed by atoms with Gasteiger partial charge in [0.25, 0.3) is 5.69 Å². The molecular weight excluding hydrogens is 380 g/mol.